The van der Waals surface area contributed by atoms with Gasteiger partial charge in [0, 0.05) is 26.2 Å². The molecular formula is C14H22ClN5O2. The van der Waals surface area contributed by atoms with Crippen LogP contribution in [0.3, 0.4) is 0 Å². The summed E-state index contributed by atoms with van der Waals surface area (Å²) >= 11 is 5.95. The van der Waals surface area contributed by atoms with Crippen molar-refractivity contribution in [2.75, 3.05) is 30.8 Å². The van der Waals surface area contributed by atoms with Gasteiger partial charge in [0.2, 0.25) is 5.95 Å². The number of halogens is 1. The van der Waals surface area contributed by atoms with Crippen molar-refractivity contribution in [3.63, 3.8) is 0 Å². The molecule has 0 aromatic carbocycles. The lowest BCUT2D eigenvalue weighted by Crippen LogP contribution is -2.36. The zero-order valence-electron chi connectivity index (χ0n) is 13.3. The molecule has 2 heterocycles. The van der Waals surface area contributed by atoms with Crippen LogP contribution in [0.15, 0.2) is 6.20 Å². The Kier molecular flexibility index (Phi) is 4.95. The smallest absolute Gasteiger partial charge is 0.410 e. The summed E-state index contributed by atoms with van der Waals surface area (Å²) in [5.74, 6) is 1.06. The van der Waals surface area contributed by atoms with Crippen molar-refractivity contribution in [1.29, 1.82) is 0 Å². The van der Waals surface area contributed by atoms with Crippen molar-refractivity contribution in [1.82, 2.24) is 14.9 Å². The molecule has 1 fully saturated rings. The second-order valence-electron chi connectivity index (χ2n) is 6.20. The summed E-state index contributed by atoms with van der Waals surface area (Å²) in [6, 6.07) is 0.0957. The van der Waals surface area contributed by atoms with Crippen LogP contribution in [0, 0.1) is 0 Å². The van der Waals surface area contributed by atoms with Crippen molar-refractivity contribution >= 4 is 29.5 Å². The van der Waals surface area contributed by atoms with Crippen LogP contribution in [-0.2, 0) is 4.74 Å². The minimum Gasteiger partial charge on any atom is -0.444 e. The number of rotatable bonds is 3. The third kappa shape index (κ3) is 4.37. The fourth-order valence-electron chi connectivity index (χ4n) is 2.16. The average Bonchev–Trinajstić information content (AvgIpc) is 2.87. The number of likely N-dealkylation sites (tertiary alicyclic amines) is 1. The molecule has 0 spiro atoms. The van der Waals surface area contributed by atoms with Crippen LogP contribution in [-0.4, -0.2) is 52.7 Å². The molecule has 1 saturated heterocycles. The van der Waals surface area contributed by atoms with Gasteiger partial charge in [0.25, 0.3) is 0 Å². The van der Waals surface area contributed by atoms with Gasteiger partial charge >= 0.3 is 6.09 Å². The molecule has 0 bridgehead atoms. The molecule has 1 aliphatic rings. The summed E-state index contributed by atoms with van der Waals surface area (Å²) in [5, 5.41) is 6.59. The number of hydrogen-bond donors (Lipinski definition) is 2. The minimum absolute atomic E-state index is 0.0957. The fraction of sp³-hybridized carbons (Fsp3) is 0.643. The molecule has 2 rings (SSSR count). The molecule has 0 saturated carbocycles. The zero-order chi connectivity index (χ0) is 16.3. The van der Waals surface area contributed by atoms with E-state index in [1.54, 1.807) is 18.1 Å². The van der Waals surface area contributed by atoms with Crippen LogP contribution in [0.4, 0.5) is 16.6 Å². The highest BCUT2D eigenvalue weighted by Gasteiger charge is 2.30. The molecule has 1 aliphatic heterocycles. The summed E-state index contributed by atoms with van der Waals surface area (Å²) in [7, 11) is 1.75. The van der Waals surface area contributed by atoms with Gasteiger partial charge in [0.1, 0.15) is 16.4 Å². The Balaban J connectivity index is 1.92. The summed E-state index contributed by atoms with van der Waals surface area (Å²) in [6.07, 6.45) is 2.08. The summed E-state index contributed by atoms with van der Waals surface area (Å²) in [4.78, 5) is 22.1. The van der Waals surface area contributed by atoms with E-state index in [1.807, 2.05) is 20.8 Å². The Morgan fingerprint density at radius 3 is 2.86 bits per heavy atom. The molecule has 1 aromatic rings. The first-order valence-corrected chi connectivity index (χ1v) is 7.61. The largest absolute Gasteiger partial charge is 0.444 e. The van der Waals surface area contributed by atoms with E-state index in [2.05, 4.69) is 20.6 Å². The molecule has 1 atom stereocenters. The molecule has 0 radical (unpaired) electrons. The van der Waals surface area contributed by atoms with Gasteiger partial charge in [0.15, 0.2) is 0 Å². The average molecular weight is 328 g/mol. The molecule has 0 aliphatic carbocycles. The first kappa shape index (κ1) is 16.6. The van der Waals surface area contributed by atoms with Crippen LogP contribution < -0.4 is 10.6 Å². The minimum atomic E-state index is -0.483. The van der Waals surface area contributed by atoms with E-state index in [1.165, 1.54) is 0 Å². The molecule has 8 heteroatoms. The highest BCUT2D eigenvalue weighted by molar-refractivity contribution is 6.32. The van der Waals surface area contributed by atoms with Crippen LogP contribution in [0.5, 0.6) is 0 Å². The summed E-state index contributed by atoms with van der Waals surface area (Å²) < 4.78 is 5.37. The topological polar surface area (TPSA) is 79.4 Å². The van der Waals surface area contributed by atoms with Gasteiger partial charge in [-0.25, -0.2) is 9.78 Å². The third-order valence-electron chi connectivity index (χ3n) is 3.15. The van der Waals surface area contributed by atoms with Crippen LogP contribution in [0.25, 0.3) is 0 Å². The molecule has 1 aromatic heterocycles. The van der Waals surface area contributed by atoms with Gasteiger partial charge in [-0.1, -0.05) is 11.6 Å². The Morgan fingerprint density at radius 2 is 2.23 bits per heavy atom. The van der Waals surface area contributed by atoms with E-state index >= 15 is 0 Å². The van der Waals surface area contributed by atoms with Crippen molar-refractivity contribution in [3.05, 3.63) is 11.2 Å². The van der Waals surface area contributed by atoms with Gasteiger partial charge in [-0.2, -0.15) is 4.98 Å². The normalized spacial score (nSPS) is 18.2. The van der Waals surface area contributed by atoms with Gasteiger partial charge in [0.05, 0.1) is 6.20 Å². The molecule has 122 valence electrons. The van der Waals surface area contributed by atoms with Crippen molar-refractivity contribution < 1.29 is 9.53 Å². The Labute approximate surface area is 135 Å². The summed E-state index contributed by atoms with van der Waals surface area (Å²) in [6.45, 7) is 6.79. The van der Waals surface area contributed by atoms with Gasteiger partial charge in [-0.05, 0) is 27.2 Å². The van der Waals surface area contributed by atoms with E-state index in [0.717, 1.165) is 6.42 Å². The monoisotopic (exact) mass is 327 g/mol. The number of nitrogens with zero attached hydrogens (tertiary/aromatic N) is 3. The van der Waals surface area contributed by atoms with E-state index in [0.29, 0.717) is 29.9 Å². The van der Waals surface area contributed by atoms with Gasteiger partial charge in [-0.15, -0.1) is 0 Å². The van der Waals surface area contributed by atoms with E-state index in [-0.39, 0.29) is 12.1 Å². The van der Waals surface area contributed by atoms with Crippen molar-refractivity contribution in [3.8, 4) is 0 Å². The number of amides is 1. The van der Waals surface area contributed by atoms with Crippen molar-refractivity contribution in [2.24, 2.45) is 0 Å². The van der Waals surface area contributed by atoms with Crippen LogP contribution in [0.1, 0.15) is 27.2 Å². The maximum Gasteiger partial charge on any atom is 0.410 e. The fourth-order valence-corrected chi connectivity index (χ4v) is 2.35. The van der Waals surface area contributed by atoms with E-state index in [9.17, 15) is 4.79 Å². The maximum absolute atomic E-state index is 12.0. The number of nitrogens with one attached hydrogen (secondary N) is 2. The molecule has 7 nitrogen and oxygen atoms in total. The number of hydrogen-bond acceptors (Lipinski definition) is 6. The van der Waals surface area contributed by atoms with Gasteiger partial charge in [-0.3, -0.25) is 0 Å². The predicted octanol–water partition coefficient (Wildman–Crippen LogP) is 2.59. The highest BCUT2D eigenvalue weighted by Crippen LogP contribution is 2.21. The van der Waals surface area contributed by atoms with Crippen LogP contribution in [0.2, 0.25) is 5.02 Å². The van der Waals surface area contributed by atoms with Crippen molar-refractivity contribution in [2.45, 2.75) is 38.8 Å². The lowest BCUT2D eigenvalue weighted by molar-refractivity contribution is 0.0293. The lowest BCUT2D eigenvalue weighted by Gasteiger charge is -2.24. The SMILES string of the molecule is CNc1nc(NC2CCN(C(=O)OC(C)(C)C)C2)ncc1Cl. The van der Waals surface area contributed by atoms with Gasteiger partial charge < -0.3 is 20.3 Å². The third-order valence-corrected chi connectivity index (χ3v) is 3.43. The highest BCUT2D eigenvalue weighted by atomic mass is 35.5. The molecule has 2 N–H and O–H groups in total. The first-order chi connectivity index (χ1) is 10.3. The number of anilines is 2. The number of carbonyl (C=O) groups excluding carboxylic acids is 1. The van der Waals surface area contributed by atoms with E-state index < -0.39 is 5.60 Å². The quantitative estimate of drug-likeness (QED) is 0.888. The Hall–Kier alpha value is -1.76. The Bertz CT molecular complexity index is 547. The number of ether oxygens (including phenoxy) is 1. The Morgan fingerprint density at radius 1 is 1.50 bits per heavy atom. The zero-order valence-corrected chi connectivity index (χ0v) is 14.1. The lowest BCUT2D eigenvalue weighted by atomic mass is 10.2. The van der Waals surface area contributed by atoms with Crippen LogP contribution >= 0.6 is 11.6 Å². The predicted molar refractivity (Wildman–Crippen MR) is 86.4 cm³/mol. The van der Waals surface area contributed by atoms with E-state index in [4.69, 9.17) is 16.3 Å². The number of aromatic nitrogens is 2. The molecule has 22 heavy (non-hydrogen) atoms. The maximum atomic E-state index is 12.0. The molecular weight excluding hydrogens is 306 g/mol. The summed E-state index contributed by atoms with van der Waals surface area (Å²) in [5.41, 5.74) is -0.483. The number of carbonyl (C=O) groups is 1. The standard InChI is InChI=1S/C14H22ClN5O2/c1-14(2,3)22-13(21)20-6-5-9(8-20)18-12-17-7-10(15)11(16-4)19-12/h7,9H,5-6,8H2,1-4H3,(H2,16,17,18,19). The molecule has 1 unspecified atom stereocenters. The molecule has 1 amide bonds. The first-order valence-electron chi connectivity index (χ1n) is 7.23. The second-order valence-corrected chi connectivity index (χ2v) is 6.60. The second kappa shape index (κ2) is 6.56.